The van der Waals surface area contributed by atoms with Gasteiger partial charge in [0, 0.05) is 9.90 Å². The van der Waals surface area contributed by atoms with Crippen molar-refractivity contribution in [2.24, 2.45) is 0 Å². The van der Waals surface area contributed by atoms with E-state index in [1.807, 2.05) is 0 Å². The van der Waals surface area contributed by atoms with Crippen LogP contribution in [-0.2, 0) is 17.6 Å². The maximum atomic E-state index is 13.0. The monoisotopic (exact) mass is 427 g/mol. The fourth-order valence-electron chi connectivity index (χ4n) is 3.16. The summed E-state index contributed by atoms with van der Waals surface area (Å²) in [4.78, 5) is 26.9. The number of fused-ring (bicyclic) bond motifs is 1. The summed E-state index contributed by atoms with van der Waals surface area (Å²) in [7, 11) is 1.43. The number of anilines is 1. The molecule has 0 bridgehead atoms. The molecule has 27 heavy (non-hydrogen) atoms. The number of esters is 1. The van der Waals surface area contributed by atoms with Crippen molar-refractivity contribution < 1.29 is 19.1 Å². The number of rotatable bonds is 5. The van der Waals surface area contributed by atoms with Gasteiger partial charge in [0.2, 0.25) is 0 Å². The molecule has 1 aliphatic carbocycles. The minimum absolute atomic E-state index is 0.209. The third-order valence-electron chi connectivity index (χ3n) is 4.33. The van der Waals surface area contributed by atoms with E-state index in [1.165, 1.54) is 30.6 Å². The number of carbonyl (C=O) groups excluding carboxylic acids is 2. The van der Waals surface area contributed by atoms with Crippen LogP contribution in [0.4, 0.5) is 5.69 Å². The molecule has 1 amide bonds. The van der Waals surface area contributed by atoms with E-state index in [1.54, 1.807) is 6.92 Å². The Bertz CT molecular complexity index is 894. The first-order valence-corrected chi connectivity index (χ1v) is 10.2. The Hall–Kier alpha value is -1.76. The number of ether oxygens (including phenoxy) is 2. The highest BCUT2D eigenvalue weighted by Gasteiger charge is 2.28. The molecular weight excluding hydrogens is 409 g/mol. The van der Waals surface area contributed by atoms with E-state index in [9.17, 15) is 9.59 Å². The van der Waals surface area contributed by atoms with Crippen molar-refractivity contribution in [2.75, 3.05) is 19.0 Å². The van der Waals surface area contributed by atoms with Gasteiger partial charge in [-0.1, -0.05) is 23.2 Å². The number of amides is 1. The number of aryl methyl sites for hydroxylation is 1. The number of methoxy groups -OCH3 is 1. The molecule has 0 fully saturated rings. The SMILES string of the molecule is CCOC(=O)c1sc2c(c1NC(=O)c1cc(Cl)cc(Cl)c1OC)CCCC2. The Labute approximate surface area is 171 Å². The molecule has 1 aromatic heterocycles. The molecule has 0 radical (unpaired) electrons. The zero-order chi connectivity index (χ0) is 19.6. The molecule has 1 N–H and O–H groups in total. The van der Waals surface area contributed by atoms with E-state index in [-0.39, 0.29) is 22.9 Å². The molecule has 1 aliphatic rings. The second-order valence-corrected chi connectivity index (χ2v) is 8.01. The average molecular weight is 428 g/mol. The maximum Gasteiger partial charge on any atom is 0.350 e. The Morgan fingerprint density at radius 1 is 1.22 bits per heavy atom. The summed E-state index contributed by atoms with van der Waals surface area (Å²) in [5.74, 6) is -0.628. The third kappa shape index (κ3) is 4.08. The number of benzene rings is 1. The van der Waals surface area contributed by atoms with Crippen LogP contribution >= 0.6 is 34.5 Å². The van der Waals surface area contributed by atoms with Gasteiger partial charge in [0.15, 0.2) is 0 Å². The van der Waals surface area contributed by atoms with Gasteiger partial charge in [-0.25, -0.2) is 4.79 Å². The zero-order valence-corrected chi connectivity index (χ0v) is 17.3. The Morgan fingerprint density at radius 3 is 2.67 bits per heavy atom. The van der Waals surface area contributed by atoms with Crippen LogP contribution in [0, 0.1) is 0 Å². The van der Waals surface area contributed by atoms with E-state index in [0.717, 1.165) is 36.1 Å². The molecule has 0 saturated carbocycles. The Balaban J connectivity index is 2.01. The lowest BCUT2D eigenvalue weighted by Gasteiger charge is -2.15. The molecule has 144 valence electrons. The molecule has 0 saturated heterocycles. The van der Waals surface area contributed by atoms with Crippen molar-refractivity contribution in [3.63, 3.8) is 0 Å². The highest BCUT2D eigenvalue weighted by molar-refractivity contribution is 7.14. The summed E-state index contributed by atoms with van der Waals surface area (Å²) >= 11 is 13.6. The molecular formula is C19H19Cl2NO4S. The van der Waals surface area contributed by atoms with Crippen molar-refractivity contribution in [2.45, 2.75) is 32.6 Å². The predicted octanol–water partition coefficient (Wildman–Crippen LogP) is 5.37. The van der Waals surface area contributed by atoms with Crippen LogP contribution in [0.1, 0.15) is 50.2 Å². The minimum Gasteiger partial charge on any atom is -0.494 e. The van der Waals surface area contributed by atoms with E-state index >= 15 is 0 Å². The summed E-state index contributed by atoms with van der Waals surface area (Å²) in [5.41, 5.74) is 1.74. The van der Waals surface area contributed by atoms with Gasteiger partial charge in [-0.2, -0.15) is 0 Å². The summed E-state index contributed by atoms with van der Waals surface area (Å²) in [6.07, 6.45) is 3.80. The van der Waals surface area contributed by atoms with Crippen LogP contribution in [0.15, 0.2) is 12.1 Å². The summed E-state index contributed by atoms with van der Waals surface area (Å²) in [6.45, 7) is 2.02. The fraction of sp³-hybridized carbons (Fsp3) is 0.368. The Kier molecular flexibility index (Phi) is 6.29. The first kappa shape index (κ1) is 20.0. The molecule has 1 heterocycles. The first-order valence-electron chi connectivity index (χ1n) is 8.62. The normalized spacial score (nSPS) is 13.0. The van der Waals surface area contributed by atoms with Gasteiger partial charge < -0.3 is 14.8 Å². The standard InChI is InChI=1S/C19H19Cl2NO4S/c1-3-26-19(24)17-15(11-6-4-5-7-14(11)27-17)22-18(23)12-8-10(20)9-13(21)16(12)25-2/h8-9H,3-7H2,1-2H3,(H,22,23). The number of halogens is 2. The van der Waals surface area contributed by atoms with E-state index < -0.39 is 11.9 Å². The largest absolute Gasteiger partial charge is 0.494 e. The topological polar surface area (TPSA) is 64.6 Å². The van der Waals surface area contributed by atoms with Gasteiger partial charge in [0.25, 0.3) is 5.91 Å². The van der Waals surface area contributed by atoms with Crippen LogP contribution in [0.2, 0.25) is 10.0 Å². The minimum atomic E-state index is -0.437. The van der Waals surface area contributed by atoms with Crippen LogP contribution in [0.5, 0.6) is 5.75 Å². The lowest BCUT2D eigenvalue weighted by atomic mass is 9.97. The quantitative estimate of drug-likeness (QED) is 0.651. The summed E-state index contributed by atoms with van der Waals surface area (Å²) in [6, 6.07) is 3.00. The van der Waals surface area contributed by atoms with Crippen molar-refractivity contribution in [3.05, 3.63) is 43.1 Å². The van der Waals surface area contributed by atoms with Gasteiger partial charge in [-0.05, 0) is 50.3 Å². The second-order valence-electron chi connectivity index (χ2n) is 6.06. The van der Waals surface area contributed by atoms with Crippen molar-refractivity contribution >= 4 is 52.1 Å². The van der Waals surface area contributed by atoms with Crippen LogP contribution in [-0.4, -0.2) is 25.6 Å². The smallest absolute Gasteiger partial charge is 0.350 e. The van der Waals surface area contributed by atoms with Crippen molar-refractivity contribution in [1.29, 1.82) is 0 Å². The fourth-order valence-corrected chi connectivity index (χ4v) is 4.97. The molecule has 0 spiro atoms. The van der Waals surface area contributed by atoms with Gasteiger partial charge in [0.1, 0.15) is 10.6 Å². The van der Waals surface area contributed by atoms with Crippen molar-refractivity contribution in [1.82, 2.24) is 0 Å². The number of hydrogen-bond acceptors (Lipinski definition) is 5. The first-order chi connectivity index (χ1) is 13.0. The lowest BCUT2D eigenvalue weighted by molar-refractivity contribution is 0.0533. The van der Waals surface area contributed by atoms with Crippen LogP contribution in [0.3, 0.4) is 0 Å². The number of hydrogen-bond donors (Lipinski definition) is 1. The molecule has 0 unspecified atom stereocenters. The molecule has 5 nitrogen and oxygen atoms in total. The number of thiophene rings is 1. The van der Waals surface area contributed by atoms with Gasteiger partial charge in [-0.3, -0.25) is 4.79 Å². The van der Waals surface area contributed by atoms with Crippen molar-refractivity contribution in [3.8, 4) is 5.75 Å². The van der Waals surface area contributed by atoms with E-state index in [4.69, 9.17) is 32.7 Å². The molecule has 2 aromatic rings. The zero-order valence-electron chi connectivity index (χ0n) is 15.0. The highest BCUT2D eigenvalue weighted by atomic mass is 35.5. The Morgan fingerprint density at radius 2 is 1.96 bits per heavy atom. The van der Waals surface area contributed by atoms with Crippen LogP contribution in [0.25, 0.3) is 0 Å². The second kappa shape index (κ2) is 8.50. The third-order valence-corrected chi connectivity index (χ3v) is 6.10. The number of carbonyl (C=O) groups is 2. The summed E-state index contributed by atoms with van der Waals surface area (Å²) in [5, 5.41) is 3.44. The number of nitrogens with one attached hydrogen (secondary N) is 1. The van der Waals surface area contributed by atoms with Gasteiger partial charge in [-0.15, -0.1) is 11.3 Å². The van der Waals surface area contributed by atoms with E-state index in [0.29, 0.717) is 15.6 Å². The molecule has 3 rings (SSSR count). The molecule has 0 atom stereocenters. The highest BCUT2D eigenvalue weighted by Crippen LogP contribution is 2.40. The van der Waals surface area contributed by atoms with Crippen LogP contribution < -0.4 is 10.1 Å². The molecule has 1 aromatic carbocycles. The van der Waals surface area contributed by atoms with E-state index in [2.05, 4.69) is 5.32 Å². The molecule has 8 heteroatoms. The summed E-state index contributed by atoms with van der Waals surface area (Å²) < 4.78 is 10.4. The maximum absolute atomic E-state index is 13.0. The lowest BCUT2D eigenvalue weighted by Crippen LogP contribution is -2.17. The predicted molar refractivity (Wildman–Crippen MR) is 108 cm³/mol. The van der Waals surface area contributed by atoms with Gasteiger partial charge >= 0.3 is 5.97 Å². The molecule has 0 aliphatic heterocycles. The average Bonchev–Trinajstić information content (AvgIpc) is 3.00. The van der Waals surface area contributed by atoms with Gasteiger partial charge in [0.05, 0.1) is 30.0 Å².